The minimum atomic E-state index is -3.57. The first-order chi connectivity index (χ1) is 9.26. The summed E-state index contributed by atoms with van der Waals surface area (Å²) in [5.41, 5.74) is 0. The Kier molecular flexibility index (Phi) is 6.80. The maximum Gasteiger partial charge on any atom is 0.241 e. The molecule has 0 saturated heterocycles. The summed E-state index contributed by atoms with van der Waals surface area (Å²) in [6.07, 6.45) is 0.693. The largest absolute Gasteiger partial charge is 0.241 e. The zero-order chi connectivity index (χ0) is 15.2. The van der Waals surface area contributed by atoms with Crippen molar-refractivity contribution in [1.82, 2.24) is 4.72 Å². The van der Waals surface area contributed by atoms with Crippen LogP contribution in [-0.2, 0) is 19.1 Å². The van der Waals surface area contributed by atoms with Crippen LogP contribution in [0.5, 0.6) is 0 Å². The van der Waals surface area contributed by atoms with Crippen LogP contribution >= 0.6 is 22.4 Å². The molecular formula is C11H16ClNO4S3. The Morgan fingerprint density at radius 2 is 1.85 bits per heavy atom. The summed E-state index contributed by atoms with van der Waals surface area (Å²) in [6, 6.07) is 6.47. The van der Waals surface area contributed by atoms with Crippen LogP contribution in [0.2, 0.25) is 0 Å². The Bertz CT molecular complexity index is 643. The van der Waals surface area contributed by atoms with Crippen molar-refractivity contribution in [3.8, 4) is 0 Å². The van der Waals surface area contributed by atoms with Crippen molar-refractivity contribution in [3.05, 3.63) is 24.3 Å². The van der Waals surface area contributed by atoms with Gasteiger partial charge >= 0.3 is 0 Å². The quantitative estimate of drug-likeness (QED) is 0.568. The number of sulfonamides is 1. The molecular weight excluding hydrogens is 342 g/mol. The molecule has 1 aromatic rings. The molecule has 0 spiro atoms. The minimum Gasteiger partial charge on any atom is -0.212 e. The van der Waals surface area contributed by atoms with Crippen molar-refractivity contribution < 1.29 is 16.8 Å². The van der Waals surface area contributed by atoms with Gasteiger partial charge in [0.05, 0.1) is 10.6 Å². The molecule has 1 rings (SSSR count). The Labute approximate surface area is 128 Å². The van der Waals surface area contributed by atoms with E-state index in [4.69, 9.17) is 10.7 Å². The van der Waals surface area contributed by atoms with Gasteiger partial charge in [-0.25, -0.2) is 21.6 Å². The van der Waals surface area contributed by atoms with Gasteiger partial charge in [0, 0.05) is 27.9 Å². The van der Waals surface area contributed by atoms with Crippen LogP contribution in [0.1, 0.15) is 13.3 Å². The molecule has 1 aromatic carbocycles. The van der Waals surface area contributed by atoms with Gasteiger partial charge in [0.15, 0.2) is 0 Å². The second-order valence-electron chi connectivity index (χ2n) is 3.94. The van der Waals surface area contributed by atoms with E-state index in [1.165, 1.54) is 6.07 Å². The molecule has 0 fully saturated rings. The van der Waals surface area contributed by atoms with Gasteiger partial charge in [0.25, 0.3) is 0 Å². The van der Waals surface area contributed by atoms with E-state index in [9.17, 15) is 16.8 Å². The second kappa shape index (κ2) is 7.65. The molecule has 0 amide bonds. The Morgan fingerprint density at radius 3 is 2.45 bits per heavy atom. The number of nitrogens with one attached hydrogen (secondary N) is 1. The summed E-state index contributed by atoms with van der Waals surface area (Å²) >= 11 is 1.15. The van der Waals surface area contributed by atoms with Gasteiger partial charge in [-0.15, -0.1) is 11.8 Å². The van der Waals surface area contributed by atoms with Gasteiger partial charge in [-0.3, -0.25) is 0 Å². The van der Waals surface area contributed by atoms with Gasteiger partial charge < -0.3 is 0 Å². The lowest BCUT2D eigenvalue weighted by Crippen LogP contribution is -2.24. The monoisotopic (exact) mass is 357 g/mol. The molecule has 0 aliphatic heterocycles. The standard InChI is InChI=1S/C11H16ClNO4S3/c1-2-7-13-20(16,17)11-6-4-3-5-10(11)18-8-9-19(12,14)15/h3-6,13H,2,7-9H2,1H3. The molecule has 0 atom stereocenters. The van der Waals surface area contributed by atoms with E-state index in [1.807, 2.05) is 6.92 Å². The summed E-state index contributed by atoms with van der Waals surface area (Å²) in [7, 11) is -2.02. The normalized spacial score (nSPS) is 12.5. The average molecular weight is 358 g/mol. The van der Waals surface area contributed by atoms with Crippen molar-refractivity contribution in [2.75, 3.05) is 18.1 Å². The molecule has 0 heterocycles. The summed E-state index contributed by atoms with van der Waals surface area (Å²) < 4.78 is 48.4. The Balaban J connectivity index is 2.88. The molecule has 0 saturated carbocycles. The number of thioether (sulfide) groups is 1. The summed E-state index contributed by atoms with van der Waals surface area (Å²) in [5.74, 6) is -0.0118. The third-order valence-corrected chi connectivity index (χ3v) is 6.40. The lowest BCUT2D eigenvalue weighted by atomic mass is 10.4. The Hall–Kier alpha value is -0.280. The number of rotatable bonds is 8. The molecule has 0 unspecified atom stereocenters. The highest BCUT2D eigenvalue weighted by molar-refractivity contribution is 8.14. The summed E-state index contributed by atoms with van der Waals surface area (Å²) in [4.78, 5) is 0.668. The van der Waals surface area contributed by atoms with E-state index in [0.29, 0.717) is 17.9 Å². The number of hydrogen-bond donors (Lipinski definition) is 1. The fourth-order valence-corrected chi connectivity index (χ4v) is 5.38. The molecule has 114 valence electrons. The van der Waals surface area contributed by atoms with Crippen LogP contribution in [0, 0.1) is 0 Å². The molecule has 20 heavy (non-hydrogen) atoms. The topological polar surface area (TPSA) is 80.3 Å². The van der Waals surface area contributed by atoms with Gasteiger partial charge in [0.1, 0.15) is 0 Å². The van der Waals surface area contributed by atoms with Crippen LogP contribution in [0.25, 0.3) is 0 Å². The third kappa shape index (κ3) is 6.01. The van der Waals surface area contributed by atoms with E-state index >= 15 is 0 Å². The van der Waals surface area contributed by atoms with E-state index in [2.05, 4.69) is 4.72 Å². The first-order valence-corrected chi connectivity index (χ1v) is 10.8. The lowest BCUT2D eigenvalue weighted by Gasteiger charge is -2.10. The zero-order valence-corrected chi connectivity index (χ0v) is 14.1. The fraction of sp³-hybridized carbons (Fsp3) is 0.455. The predicted molar refractivity (Wildman–Crippen MR) is 82.3 cm³/mol. The third-order valence-electron chi connectivity index (χ3n) is 2.27. The van der Waals surface area contributed by atoms with E-state index in [-0.39, 0.29) is 16.4 Å². The second-order valence-corrected chi connectivity index (χ2v) is 9.70. The first-order valence-electron chi connectivity index (χ1n) is 5.90. The number of hydrogen-bond acceptors (Lipinski definition) is 5. The van der Waals surface area contributed by atoms with Gasteiger partial charge in [-0.1, -0.05) is 19.1 Å². The van der Waals surface area contributed by atoms with E-state index < -0.39 is 19.1 Å². The summed E-state index contributed by atoms with van der Waals surface area (Å²) in [5, 5.41) is 0. The zero-order valence-electron chi connectivity index (χ0n) is 10.9. The highest BCUT2D eigenvalue weighted by atomic mass is 35.7. The lowest BCUT2D eigenvalue weighted by molar-refractivity contribution is 0.578. The maximum absolute atomic E-state index is 12.1. The van der Waals surface area contributed by atoms with Crippen molar-refractivity contribution >= 4 is 41.5 Å². The molecule has 9 heteroatoms. The van der Waals surface area contributed by atoms with Gasteiger partial charge in [0.2, 0.25) is 19.1 Å². The number of halogens is 1. The summed E-state index contributed by atoms with van der Waals surface area (Å²) in [6.45, 7) is 2.23. The van der Waals surface area contributed by atoms with Crippen LogP contribution in [0.15, 0.2) is 34.1 Å². The fourth-order valence-electron chi connectivity index (χ4n) is 1.36. The van der Waals surface area contributed by atoms with Crippen molar-refractivity contribution in [3.63, 3.8) is 0 Å². The van der Waals surface area contributed by atoms with Crippen LogP contribution in [-0.4, -0.2) is 34.9 Å². The maximum atomic E-state index is 12.1. The van der Waals surface area contributed by atoms with Crippen molar-refractivity contribution in [2.45, 2.75) is 23.1 Å². The van der Waals surface area contributed by atoms with Gasteiger partial charge in [-0.2, -0.15) is 0 Å². The highest BCUT2D eigenvalue weighted by Gasteiger charge is 2.18. The van der Waals surface area contributed by atoms with Crippen molar-refractivity contribution in [2.24, 2.45) is 0 Å². The van der Waals surface area contributed by atoms with Crippen molar-refractivity contribution in [1.29, 1.82) is 0 Å². The molecule has 0 aliphatic rings. The van der Waals surface area contributed by atoms with E-state index in [0.717, 1.165) is 11.8 Å². The average Bonchev–Trinajstić information content (AvgIpc) is 2.35. The SMILES string of the molecule is CCCNS(=O)(=O)c1ccccc1SCCS(=O)(=O)Cl. The molecule has 0 radical (unpaired) electrons. The van der Waals surface area contributed by atoms with E-state index in [1.54, 1.807) is 18.2 Å². The predicted octanol–water partition coefficient (Wildman–Crippen LogP) is 2.04. The molecule has 0 bridgehead atoms. The first kappa shape index (κ1) is 17.8. The van der Waals surface area contributed by atoms with Crippen LogP contribution in [0.3, 0.4) is 0 Å². The smallest absolute Gasteiger partial charge is 0.212 e. The van der Waals surface area contributed by atoms with Crippen LogP contribution < -0.4 is 4.72 Å². The molecule has 5 nitrogen and oxygen atoms in total. The molecule has 1 N–H and O–H groups in total. The minimum absolute atomic E-state index is 0.158. The molecule has 0 aliphatic carbocycles. The van der Waals surface area contributed by atoms with Crippen LogP contribution in [0.4, 0.5) is 0 Å². The Morgan fingerprint density at radius 1 is 1.20 bits per heavy atom. The highest BCUT2D eigenvalue weighted by Crippen LogP contribution is 2.26. The van der Waals surface area contributed by atoms with Gasteiger partial charge in [-0.05, 0) is 18.6 Å². The molecule has 0 aromatic heterocycles. The number of benzene rings is 1.